The highest BCUT2D eigenvalue weighted by molar-refractivity contribution is 6.30. The summed E-state index contributed by atoms with van der Waals surface area (Å²) >= 11 is 6.10. The molecule has 0 unspecified atom stereocenters. The molecule has 0 bridgehead atoms. The van der Waals surface area contributed by atoms with E-state index in [1.165, 1.54) is 0 Å². The highest BCUT2D eigenvalue weighted by atomic mass is 35.5. The Morgan fingerprint density at radius 2 is 2.05 bits per heavy atom. The molecule has 5 heteroatoms. The van der Waals surface area contributed by atoms with E-state index in [4.69, 9.17) is 22.1 Å². The van der Waals surface area contributed by atoms with Gasteiger partial charge in [0.15, 0.2) is 0 Å². The summed E-state index contributed by atoms with van der Waals surface area (Å²) in [5, 5.41) is 0.621. The van der Waals surface area contributed by atoms with Crippen LogP contribution in [-0.4, -0.2) is 16.7 Å². The molecule has 0 aliphatic carbocycles. The van der Waals surface area contributed by atoms with Crippen molar-refractivity contribution in [3.05, 3.63) is 47.0 Å². The molecule has 102 valence electrons. The topological polar surface area (TPSA) is 53.1 Å². The number of nitrogen functional groups attached to an aromatic ring is 1. The number of nitrogens with two attached hydrogens (primary N) is 1. The molecule has 1 aromatic heterocycles. The first-order chi connectivity index (χ1) is 9.61. The number of para-hydroxylation sites is 1. The van der Waals surface area contributed by atoms with Gasteiger partial charge in [0.05, 0.1) is 23.8 Å². The van der Waals surface area contributed by atoms with Gasteiger partial charge in [-0.1, -0.05) is 23.7 Å². The SMILES string of the molecule is COc1ccc(Cl)cc1-n1c(N)nc2cccc(C)c21. The van der Waals surface area contributed by atoms with Gasteiger partial charge in [0.1, 0.15) is 5.75 Å². The molecule has 20 heavy (non-hydrogen) atoms. The van der Waals surface area contributed by atoms with Gasteiger partial charge in [-0.05, 0) is 36.8 Å². The van der Waals surface area contributed by atoms with Crippen molar-refractivity contribution in [3.8, 4) is 11.4 Å². The Hall–Kier alpha value is -2.20. The van der Waals surface area contributed by atoms with E-state index in [-0.39, 0.29) is 0 Å². The Kier molecular flexibility index (Phi) is 3.03. The van der Waals surface area contributed by atoms with E-state index in [1.807, 2.05) is 41.8 Å². The normalized spacial score (nSPS) is 10.9. The number of nitrogens with zero attached hydrogens (tertiary/aromatic N) is 2. The van der Waals surface area contributed by atoms with E-state index in [0.717, 1.165) is 22.3 Å². The monoisotopic (exact) mass is 287 g/mol. The lowest BCUT2D eigenvalue weighted by atomic mass is 10.2. The largest absolute Gasteiger partial charge is 0.495 e. The van der Waals surface area contributed by atoms with Crippen LogP contribution < -0.4 is 10.5 Å². The zero-order valence-electron chi connectivity index (χ0n) is 11.2. The Bertz CT molecular complexity index is 795. The number of imidazole rings is 1. The van der Waals surface area contributed by atoms with Crippen LogP contribution in [0.3, 0.4) is 0 Å². The molecule has 0 saturated heterocycles. The maximum atomic E-state index is 6.10. The van der Waals surface area contributed by atoms with Gasteiger partial charge in [-0.15, -0.1) is 0 Å². The Balaban J connectivity index is 2.40. The Morgan fingerprint density at radius 3 is 2.80 bits per heavy atom. The molecule has 3 rings (SSSR count). The second kappa shape index (κ2) is 4.72. The van der Waals surface area contributed by atoms with Gasteiger partial charge in [0.25, 0.3) is 0 Å². The van der Waals surface area contributed by atoms with Gasteiger partial charge in [0, 0.05) is 5.02 Å². The fourth-order valence-electron chi connectivity index (χ4n) is 2.39. The van der Waals surface area contributed by atoms with Crippen molar-refractivity contribution in [2.24, 2.45) is 0 Å². The van der Waals surface area contributed by atoms with E-state index in [9.17, 15) is 0 Å². The minimum Gasteiger partial charge on any atom is -0.495 e. The third kappa shape index (κ3) is 1.89. The molecule has 0 amide bonds. The quantitative estimate of drug-likeness (QED) is 0.784. The molecular formula is C15H14ClN3O. The van der Waals surface area contributed by atoms with Crippen LogP contribution in [0.15, 0.2) is 36.4 Å². The smallest absolute Gasteiger partial charge is 0.206 e. The van der Waals surface area contributed by atoms with Crippen LogP contribution in [0.4, 0.5) is 5.95 Å². The molecule has 2 aromatic carbocycles. The lowest BCUT2D eigenvalue weighted by molar-refractivity contribution is 0.413. The average Bonchev–Trinajstić information content (AvgIpc) is 2.76. The van der Waals surface area contributed by atoms with Gasteiger partial charge < -0.3 is 10.5 Å². The van der Waals surface area contributed by atoms with Gasteiger partial charge in [-0.2, -0.15) is 0 Å². The van der Waals surface area contributed by atoms with Gasteiger partial charge in [-0.25, -0.2) is 4.98 Å². The van der Waals surface area contributed by atoms with Crippen LogP contribution in [0, 0.1) is 6.92 Å². The van der Waals surface area contributed by atoms with E-state index in [1.54, 1.807) is 13.2 Å². The molecule has 0 radical (unpaired) electrons. The van der Waals surface area contributed by atoms with Crippen molar-refractivity contribution in [2.45, 2.75) is 6.92 Å². The summed E-state index contributed by atoms with van der Waals surface area (Å²) in [6.45, 7) is 2.02. The third-order valence-electron chi connectivity index (χ3n) is 3.29. The zero-order valence-corrected chi connectivity index (χ0v) is 12.0. The Morgan fingerprint density at radius 1 is 1.25 bits per heavy atom. The van der Waals surface area contributed by atoms with Crippen LogP contribution in [0.1, 0.15) is 5.56 Å². The summed E-state index contributed by atoms with van der Waals surface area (Å²) < 4.78 is 7.28. The predicted molar refractivity (Wildman–Crippen MR) is 81.8 cm³/mol. The van der Waals surface area contributed by atoms with Crippen LogP contribution in [0.5, 0.6) is 5.75 Å². The number of anilines is 1. The van der Waals surface area contributed by atoms with Crippen LogP contribution >= 0.6 is 11.6 Å². The molecule has 0 spiro atoms. The summed E-state index contributed by atoms with van der Waals surface area (Å²) in [6, 6.07) is 11.4. The summed E-state index contributed by atoms with van der Waals surface area (Å²) in [4.78, 5) is 4.40. The molecule has 0 aliphatic rings. The number of ether oxygens (including phenoxy) is 1. The number of aryl methyl sites for hydroxylation is 1. The van der Waals surface area contributed by atoms with E-state index < -0.39 is 0 Å². The molecule has 4 nitrogen and oxygen atoms in total. The lowest BCUT2D eigenvalue weighted by Gasteiger charge is -2.13. The van der Waals surface area contributed by atoms with E-state index >= 15 is 0 Å². The van der Waals surface area contributed by atoms with Crippen LogP contribution in [-0.2, 0) is 0 Å². The van der Waals surface area contributed by atoms with Crippen molar-refractivity contribution in [2.75, 3.05) is 12.8 Å². The average molecular weight is 288 g/mol. The molecular weight excluding hydrogens is 274 g/mol. The first-order valence-electron chi connectivity index (χ1n) is 6.19. The number of hydrogen-bond acceptors (Lipinski definition) is 3. The first kappa shape index (κ1) is 12.8. The summed E-state index contributed by atoms with van der Waals surface area (Å²) in [6.07, 6.45) is 0. The van der Waals surface area contributed by atoms with E-state index in [0.29, 0.717) is 16.7 Å². The highest BCUT2D eigenvalue weighted by Crippen LogP contribution is 2.32. The minimum atomic E-state index is 0.412. The number of rotatable bonds is 2. The first-order valence-corrected chi connectivity index (χ1v) is 6.57. The second-order valence-electron chi connectivity index (χ2n) is 4.56. The van der Waals surface area contributed by atoms with Crippen molar-refractivity contribution >= 4 is 28.6 Å². The third-order valence-corrected chi connectivity index (χ3v) is 3.52. The molecule has 0 aliphatic heterocycles. The van der Waals surface area contributed by atoms with Crippen LogP contribution in [0.2, 0.25) is 5.02 Å². The van der Waals surface area contributed by atoms with E-state index in [2.05, 4.69) is 4.98 Å². The lowest BCUT2D eigenvalue weighted by Crippen LogP contribution is -2.03. The number of hydrogen-bond donors (Lipinski definition) is 1. The molecule has 3 aromatic rings. The molecule has 1 heterocycles. The maximum absolute atomic E-state index is 6.10. The Labute approximate surface area is 121 Å². The standard InChI is InChI=1S/C15H14ClN3O/c1-9-4-3-5-11-14(9)19(15(17)18-11)12-8-10(16)6-7-13(12)20-2/h3-8H,1-2H3,(H2,17,18). The predicted octanol–water partition coefficient (Wildman–Crippen LogP) is 3.58. The van der Waals surface area contributed by atoms with Crippen molar-refractivity contribution in [3.63, 3.8) is 0 Å². The summed E-state index contributed by atoms with van der Waals surface area (Å²) in [5.74, 6) is 1.11. The highest BCUT2D eigenvalue weighted by Gasteiger charge is 2.15. The van der Waals surface area contributed by atoms with Crippen molar-refractivity contribution in [1.29, 1.82) is 0 Å². The molecule has 0 fully saturated rings. The van der Waals surface area contributed by atoms with Crippen LogP contribution in [0.25, 0.3) is 16.7 Å². The number of halogens is 1. The van der Waals surface area contributed by atoms with Gasteiger partial charge >= 0.3 is 0 Å². The second-order valence-corrected chi connectivity index (χ2v) is 5.00. The number of benzene rings is 2. The molecule has 2 N–H and O–H groups in total. The van der Waals surface area contributed by atoms with Crippen molar-refractivity contribution < 1.29 is 4.74 Å². The molecule has 0 atom stereocenters. The zero-order chi connectivity index (χ0) is 14.3. The number of methoxy groups -OCH3 is 1. The summed E-state index contributed by atoms with van der Waals surface area (Å²) in [5.41, 5.74) is 9.77. The number of fused-ring (bicyclic) bond motifs is 1. The molecule has 0 saturated carbocycles. The van der Waals surface area contributed by atoms with Gasteiger partial charge in [-0.3, -0.25) is 4.57 Å². The van der Waals surface area contributed by atoms with Crippen molar-refractivity contribution in [1.82, 2.24) is 9.55 Å². The maximum Gasteiger partial charge on any atom is 0.206 e. The summed E-state index contributed by atoms with van der Waals surface area (Å²) in [7, 11) is 1.62. The number of aromatic nitrogens is 2. The minimum absolute atomic E-state index is 0.412. The fraction of sp³-hybridized carbons (Fsp3) is 0.133. The van der Waals surface area contributed by atoms with Gasteiger partial charge in [0.2, 0.25) is 5.95 Å². The fourth-order valence-corrected chi connectivity index (χ4v) is 2.56.